The van der Waals surface area contributed by atoms with Gasteiger partial charge in [0.05, 0.1) is 22.7 Å². The van der Waals surface area contributed by atoms with Crippen LogP contribution in [0.2, 0.25) is 5.02 Å². The lowest BCUT2D eigenvalue weighted by Gasteiger charge is -2.10. The van der Waals surface area contributed by atoms with Crippen molar-refractivity contribution < 1.29 is 18.4 Å². The second-order valence-electron chi connectivity index (χ2n) is 6.21. The number of fused-ring (bicyclic) bond motifs is 1. The normalized spacial score (nSPS) is 15.8. The van der Waals surface area contributed by atoms with E-state index in [1.807, 2.05) is 19.0 Å². The largest absolute Gasteiger partial charge is 0.432 e. The number of hydrogen-bond acceptors (Lipinski definition) is 6. The second-order valence-corrected chi connectivity index (χ2v) is 6.61. The lowest BCUT2D eigenvalue weighted by molar-refractivity contribution is 0.0949. The smallest absolute Gasteiger partial charge is 0.244 e. The molecule has 1 aliphatic rings. The number of aromatic nitrogens is 1. The first-order valence-corrected chi connectivity index (χ1v) is 8.47. The predicted octanol–water partition coefficient (Wildman–Crippen LogP) is 3.30. The Morgan fingerprint density at radius 3 is 2.81 bits per heavy atom. The highest BCUT2D eigenvalue weighted by Crippen LogP contribution is 2.33. The van der Waals surface area contributed by atoms with E-state index in [-0.39, 0.29) is 45.8 Å². The lowest BCUT2D eigenvalue weighted by atomic mass is 9.97. The highest BCUT2D eigenvalue weighted by molar-refractivity contribution is 6.51. The van der Waals surface area contributed by atoms with Crippen LogP contribution in [0, 0.1) is 5.82 Å². The fraction of sp³-hybridized carbons (Fsp3) is 0.333. The molecule has 8 heteroatoms. The molecule has 0 fully saturated rings. The fourth-order valence-corrected chi connectivity index (χ4v) is 2.89. The first-order chi connectivity index (χ1) is 12.4. The Labute approximate surface area is 154 Å². The third kappa shape index (κ3) is 3.59. The van der Waals surface area contributed by atoms with Crippen molar-refractivity contribution in [3.63, 3.8) is 0 Å². The molecule has 0 unspecified atom stereocenters. The lowest BCUT2D eigenvalue weighted by Crippen LogP contribution is -2.27. The van der Waals surface area contributed by atoms with Crippen LogP contribution >= 0.6 is 11.6 Å². The van der Waals surface area contributed by atoms with E-state index in [2.05, 4.69) is 9.98 Å². The maximum atomic E-state index is 14.1. The quantitative estimate of drug-likeness (QED) is 0.747. The molecule has 6 nitrogen and oxygen atoms in total. The van der Waals surface area contributed by atoms with Crippen LogP contribution in [-0.4, -0.2) is 54.3 Å². The van der Waals surface area contributed by atoms with Crippen LogP contribution in [0.15, 0.2) is 27.6 Å². The van der Waals surface area contributed by atoms with Crippen molar-refractivity contribution in [1.29, 1.82) is 0 Å². The number of halogens is 2. The molecule has 0 saturated carbocycles. The van der Waals surface area contributed by atoms with E-state index in [4.69, 9.17) is 16.0 Å². The summed E-state index contributed by atoms with van der Waals surface area (Å²) in [6, 6.07) is 4.12. The maximum absolute atomic E-state index is 14.1. The van der Waals surface area contributed by atoms with Crippen molar-refractivity contribution in [1.82, 2.24) is 9.88 Å². The number of ketones is 2. The van der Waals surface area contributed by atoms with E-state index in [0.717, 1.165) is 13.0 Å². The van der Waals surface area contributed by atoms with Crippen molar-refractivity contribution in [3.05, 3.63) is 40.5 Å². The molecular formula is C18H17ClFN3O3. The van der Waals surface area contributed by atoms with Crippen LogP contribution < -0.4 is 0 Å². The van der Waals surface area contributed by atoms with Gasteiger partial charge in [0, 0.05) is 6.54 Å². The Balaban J connectivity index is 1.91. The van der Waals surface area contributed by atoms with Gasteiger partial charge in [0.25, 0.3) is 0 Å². The molecule has 1 aromatic carbocycles. The Morgan fingerprint density at radius 1 is 1.35 bits per heavy atom. The molecule has 0 N–H and O–H groups in total. The highest BCUT2D eigenvalue weighted by atomic mass is 35.5. The zero-order valence-corrected chi connectivity index (χ0v) is 15.1. The van der Waals surface area contributed by atoms with Gasteiger partial charge >= 0.3 is 0 Å². The number of rotatable bonds is 5. The number of Topliss-reactive ketones (excluding diaryl/α,β-unsaturated/α-hetero) is 2. The standard InChI is InChI=1S/C18H17ClFN3O3/c1-23(2)8-4-7-21-12-9-13(24)15-17(16(12)25)26-18(22-15)14-10(19)5-3-6-11(14)20/h3,5-6H,4,7-9H2,1-2H3. The summed E-state index contributed by atoms with van der Waals surface area (Å²) in [5.41, 5.74) is -0.0335. The zero-order chi connectivity index (χ0) is 18.8. The van der Waals surface area contributed by atoms with E-state index < -0.39 is 11.6 Å². The van der Waals surface area contributed by atoms with Gasteiger partial charge in [0.1, 0.15) is 5.82 Å². The molecule has 1 aliphatic carbocycles. The van der Waals surface area contributed by atoms with E-state index in [1.165, 1.54) is 18.2 Å². The molecule has 0 saturated heterocycles. The molecule has 0 bridgehead atoms. The van der Waals surface area contributed by atoms with Crippen LogP contribution in [0.25, 0.3) is 11.5 Å². The molecule has 0 atom stereocenters. The molecule has 1 heterocycles. The van der Waals surface area contributed by atoms with Crippen molar-refractivity contribution >= 4 is 28.9 Å². The van der Waals surface area contributed by atoms with Gasteiger partial charge in [-0.15, -0.1) is 0 Å². The van der Waals surface area contributed by atoms with Crippen LogP contribution in [0.4, 0.5) is 4.39 Å². The van der Waals surface area contributed by atoms with E-state index >= 15 is 0 Å². The average Bonchev–Trinajstić information content (AvgIpc) is 3.01. The maximum Gasteiger partial charge on any atom is 0.244 e. The first kappa shape index (κ1) is 18.4. The van der Waals surface area contributed by atoms with Crippen molar-refractivity contribution in [3.8, 4) is 11.5 Å². The summed E-state index contributed by atoms with van der Waals surface area (Å²) in [6.45, 7) is 1.25. The average molecular weight is 378 g/mol. The summed E-state index contributed by atoms with van der Waals surface area (Å²) in [6.07, 6.45) is 0.627. The van der Waals surface area contributed by atoms with Gasteiger partial charge < -0.3 is 9.32 Å². The molecule has 0 aliphatic heterocycles. The minimum atomic E-state index is -0.645. The Morgan fingerprint density at radius 2 is 2.12 bits per heavy atom. The van der Waals surface area contributed by atoms with E-state index in [9.17, 15) is 14.0 Å². The van der Waals surface area contributed by atoms with Crippen molar-refractivity contribution in [2.24, 2.45) is 4.99 Å². The van der Waals surface area contributed by atoms with Gasteiger partial charge in [-0.2, -0.15) is 0 Å². The Bertz CT molecular complexity index is 885. The van der Waals surface area contributed by atoms with Crippen LogP contribution in [0.1, 0.15) is 33.9 Å². The van der Waals surface area contributed by atoms with Gasteiger partial charge in [-0.1, -0.05) is 17.7 Å². The molecule has 1 aromatic heterocycles. The third-order valence-electron chi connectivity index (χ3n) is 3.93. The van der Waals surface area contributed by atoms with E-state index in [0.29, 0.717) is 6.54 Å². The molecule has 3 rings (SSSR count). The molecule has 2 aromatic rings. The van der Waals surface area contributed by atoms with Crippen molar-refractivity contribution in [2.45, 2.75) is 12.8 Å². The zero-order valence-electron chi connectivity index (χ0n) is 14.4. The third-order valence-corrected chi connectivity index (χ3v) is 4.25. The molecule has 26 heavy (non-hydrogen) atoms. The number of hydrogen-bond donors (Lipinski definition) is 0. The van der Waals surface area contributed by atoms with Gasteiger partial charge in [-0.3, -0.25) is 14.6 Å². The summed E-state index contributed by atoms with van der Waals surface area (Å²) >= 11 is 6.00. The van der Waals surface area contributed by atoms with Gasteiger partial charge in [-0.05, 0) is 39.2 Å². The van der Waals surface area contributed by atoms with Crippen LogP contribution in [0.3, 0.4) is 0 Å². The van der Waals surface area contributed by atoms with Crippen LogP contribution in [0.5, 0.6) is 0 Å². The first-order valence-electron chi connectivity index (χ1n) is 8.09. The van der Waals surface area contributed by atoms with Crippen LogP contribution in [-0.2, 0) is 0 Å². The monoisotopic (exact) mass is 377 g/mol. The number of carbonyl (C=O) groups is 2. The summed E-state index contributed by atoms with van der Waals surface area (Å²) in [5, 5.41) is 0.0843. The topological polar surface area (TPSA) is 75.8 Å². The number of carbonyl (C=O) groups excluding carboxylic acids is 2. The molecule has 136 valence electrons. The minimum Gasteiger partial charge on any atom is -0.432 e. The van der Waals surface area contributed by atoms with Gasteiger partial charge in [0.2, 0.25) is 17.4 Å². The molecule has 0 spiro atoms. The molecular weight excluding hydrogens is 361 g/mol. The molecule has 0 amide bonds. The number of oxazole rings is 1. The highest BCUT2D eigenvalue weighted by Gasteiger charge is 2.35. The Kier molecular flexibility index (Phi) is 5.29. The van der Waals surface area contributed by atoms with Crippen molar-refractivity contribution in [2.75, 3.05) is 27.2 Å². The number of benzene rings is 1. The Hall–Kier alpha value is -2.38. The summed E-state index contributed by atoms with van der Waals surface area (Å²) < 4.78 is 19.5. The van der Waals surface area contributed by atoms with E-state index in [1.54, 1.807) is 0 Å². The minimum absolute atomic E-state index is 0.0753. The summed E-state index contributed by atoms with van der Waals surface area (Å²) in [4.78, 5) is 35.1. The second kappa shape index (κ2) is 7.47. The predicted molar refractivity (Wildman–Crippen MR) is 95.7 cm³/mol. The number of nitrogens with zero attached hydrogens (tertiary/aromatic N) is 3. The van der Waals surface area contributed by atoms with Gasteiger partial charge in [-0.25, -0.2) is 9.37 Å². The summed E-state index contributed by atoms with van der Waals surface area (Å²) in [5.74, 6) is -1.91. The molecule has 0 radical (unpaired) electrons. The summed E-state index contributed by atoms with van der Waals surface area (Å²) in [7, 11) is 3.89. The SMILES string of the molecule is CN(C)CCCN=C1CC(=O)c2nc(-c3c(F)cccc3Cl)oc2C1=O. The fourth-order valence-electron chi connectivity index (χ4n) is 2.65. The van der Waals surface area contributed by atoms with Gasteiger partial charge in [0.15, 0.2) is 11.5 Å². The number of aliphatic imine (C=N–C) groups is 1.